The molecule has 0 saturated carbocycles. The van der Waals surface area contributed by atoms with Gasteiger partial charge in [-0.25, -0.2) is 0 Å². The minimum atomic E-state index is 0.791. The molecule has 92 valence electrons. The van der Waals surface area contributed by atoms with Gasteiger partial charge in [-0.3, -0.25) is 0 Å². The molecule has 0 spiro atoms. The highest BCUT2D eigenvalue weighted by Crippen LogP contribution is 2.32. The first-order chi connectivity index (χ1) is 8.38. The third-order valence-corrected chi connectivity index (χ3v) is 4.73. The van der Waals surface area contributed by atoms with Crippen molar-refractivity contribution in [2.24, 2.45) is 5.92 Å². The molecule has 4 heterocycles. The van der Waals surface area contributed by atoms with Gasteiger partial charge in [-0.15, -0.1) is 10.2 Å². The molecule has 2 saturated heterocycles. The van der Waals surface area contributed by atoms with Crippen LogP contribution in [-0.4, -0.2) is 26.8 Å². The fraction of sp³-hybridized carbons (Fsp3) is 0.846. The maximum absolute atomic E-state index is 4.39. The minimum Gasteiger partial charge on any atom is -0.315 e. The van der Waals surface area contributed by atoms with E-state index in [2.05, 4.69) is 20.1 Å². The van der Waals surface area contributed by atoms with E-state index >= 15 is 0 Å². The summed E-state index contributed by atoms with van der Waals surface area (Å²) in [6, 6.07) is 1.58. The van der Waals surface area contributed by atoms with Crippen molar-refractivity contribution >= 4 is 0 Å². The van der Waals surface area contributed by atoms with Crippen molar-refractivity contribution in [1.82, 2.24) is 20.1 Å². The van der Waals surface area contributed by atoms with Crippen molar-refractivity contribution < 1.29 is 0 Å². The molecule has 0 aliphatic carbocycles. The second kappa shape index (κ2) is 3.80. The van der Waals surface area contributed by atoms with Gasteiger partial charge in [0, 0.05) is 31.5 Å². The zero-order valence-electron chi connectivity index (χ0n) is 10.2. The van der Waals surface area contributed by atoms with E-state index in [1.54, 1.807) is 0 Å². The van der Waals surface area contributed by atoms with E-state index in [9.17, 15) is 0 Å². The Morgan fingerprint density at radius 2 is 2.00 bits per heavy atom. The lowest BCUT2D eigenvalue weighted by Gasteiger charge is -2.28. The SMILES string of the molecule is C1Cc2nnc(CC3CC4CCC(C3)N4)n2C1. The predicted molar refractivity (Wildman–Crippen MR) is 64.7 cm³/mol. The third kappa shape index (κ3) is 1.69. The molecule has 2 bridgehead atoms. The van der Waals surface area contributed by atoms with Crippen LogP contribution in [-0.2, 0) is 19.4 Å². The first-order valence-electron chi connectivity index (χ1n) is 7.05. The van der Waals surface area contributed by atoms with Crippen molar-refractivity contribution in [3.63, 3.8) is 0 Å². The molecule has 1 aromatic heterocycles. The van der Waals surface area contributed by atoms with Gasteiger partial charge >= 0.3 is 0 Å². The van der Waals surface area contributed by atoms with E-state index in [0.29, 0.717) is 0 Å². The Bertz CT molecular complexity index is 413. The second-order valence-corrected chi connectivity index (χ2v) is 5.97. The second-order valence-electron chi connectivity index (χ2n) is 5.97. The number of fused-ring (bicyclic) bond motifs is 3. The molecule has 0 aromatic carbocycles. The number of nitrogens with zero attached hydrogens (tertiary/aromatic N) is 3. The molecule has 2 fully saturated rings. The summed E-state index contributed by atoms with van der Waals surface area (Å²) in [7, 11) is 0. The topological polar surface area (TPSA) is 42.7 Å². The van der Waals surface area contributed by atoms with Crippen LogP contribution in [0.5, 0.6) is 0 Å². The zero-order valence-corrected chi connectivity index (χ0v) is 10.2. The quantitative estimate of drug-likeness (QED) is 0.835. The van der Waals surface area contributed by atoms with E-state index in [1.165, 1.54) is 43.8 Å². The lowest BCUT2D eigenvalue weighted by Crippen LogP contribution is -2.38. The van der Waals surface area contributed by atoms with Crippen molar-refractivity contribution in [2.75, 3.05) is 0 Å². The average molecular weight is 232 g/mol. The van der Waals surface area contributed by atoms with Gasteiger partial charge in [-0.05, 0) is 38.0 Å². The van der Waals surface area contributed by atoms with Crippen LogP contribution < -0.4 is 5.32 Å². The number of piperidine rings is 1. The van der Waals surface area contributed by atoms with E-state index < -0.39 is 0 Å². The van der Waals surface area contributed by atoms with Crippen LogP contribution in [0.1, 0.15) is 43.8 Å². The predicted octanol–water partition coefficient (Wildman–Crippen LogP) is 1.30. The summed E-state index contributed by atoms with van der Waals surface area (Å²) in [6.07, 6.45) is 9.01. The molecule has 4 nitrogen and oxygen atoms in total. The highest BCUT2D eigenvalue weighted by Gasteiger charge is 2.34. The number of aryl methyl sites for hydroxylation is 1. The zero-order chi connectivity index (χ0) is 11.2. The van der Waals surface area contributed by atoms with Gasteiger partial charge in [-0.2, -0.15) is 0 Å². The molecular weight excluding hydrogens is 212 g/mol. The van der Waals surface area contributed by atoms with E-state index in [0.717, 1.165) is 37.4 Å². The van der Waals surface area contributed by atoms with Crippen LogP contribution >= 0.6 is 0 Å². The first kappa shape index (κ1) is 10.1. The first-order valence-corrected chi connectivity index (χ1v) is 7.05. The Hall–Kier alpha value is -0.900. The van der Waals surface area contributed by atoms with Crippen LogP contribution in [0, 0.1) is 5.92 Å². The highest BCUT2D eigenvalue weighted by atomic mass is 15.3. The van der Waals surface area contributed by atoms with Crippen molar-refractivity contribution in [3.8, 4) is 0 Å². The molecule has 4 heteroatoms. The van der Waals surface area contributed by atoms with Crippen LogP contribution in [0.4, 0.5) is 0 Å². The minimum absolute atomic E-state index is 0.791. The molecule has 3 aliphatic heterocycles. The number of aromatic nitrogens is 3. The molecule has 0 radical (unpaired) electrons. The number of nitrogens with one attached hydrogen (secondary N) is 1. The van der Waals surface area contributed by atoms with Crippen molar-refractivity contribution in [2.45, 2.75) is 63.6 Å². The number of hydrogen-bond acceptors (Lipinski definition) is 3. The molecule has 2 unspecified atom stereocenters. The summed E-state index contributed by atoms with van der Waals surface area (Å²) < 4.78 is 2.37. The van der Waals surface area contributed by atoms with Crippen LogP contribution in [0.15, 0.2) is 0 Å². The standard InChI is InChI=1S/C13H20N4/c1-2-12-15-16-13(17(12)5-1)8-9-6-10-3-4-11(7-9)14-10/h9-11,14H,1-8H2. The van der Waals surface area contributed by atoms with Gasteiger partial charge in [0.15, 0.2) is 0 Å². The fourth-order valence-corrected chi connectivity index (χ4v) is 3.96. The molecule has 1 N–H and O–H groups in total. The Balaban J connectivity index is 1.50. The summed E-state index contributed by atoms with van der Waals surface area (Å²) >= 11 is 0. The van der Waals surface area contributed by atoms with Crippen LogP contribution in [0.3, 0.4) is 0 Å². The third-order valence-electron chi connectivity index (χ3n) is 4.73. The highest BCUT2D eigenvalue weighted by molar-refractivity contribution is 5.03. The van der Waals surface area contributed by atoms with Crippen molar-refractivity contribution in [1.29, 1.82) is 0 Å². The van der Waals surface area contributed by atoms with Gasteiger partial charge in [0.05, 0.1) is 0 Å². The van der Waals surface area contributed by atoms with Crippen LogP contribution in [0.25, 0.3) is 0 Å². The van der Waals surface area contributed by atoms with E-state index in [4.69, 9.17) is 0 Å². The Morgan fingerprint density at radius 1 is 1.18 bits per heavy atom. The summed E-state index contributed by atoms with van der Waals surface area (Å²) in [5, 5.41) is 12.4. The van der Waals surface area contributed by atoms with E-state index in [-0.39, 0.29) is 0 Å². The van der Waals surface area contributed by atoms with Gasteiger partial charge in [-0.1, -0.05) is 0 Å². The maximum Gasteiger partial charge on any atom is 0.133 e. The number of rotatable bonds is 2. The van der Waals surface area contributed by atoms with Gasteiger partial charge in [0.1, 0.15) is 11.6 Å². The Morgan fingerprint density at radius 3 is 2.82 bits per heavy atom. The summed E-state index contributed by atoms with van der Waals surface area (Å²) in [5.41, 5.74) is 0. The normalized spacial score (nSPS) is 35.2. The smallest absolute Gasteiger partial charge is 0.133 e. The Kier molecular flexibility index (Phi) is 2.25. The lowest BCUT2D eigenvalue weighted by molar-refractivity contribution is 0.293. The number of hydrogen-bond donors (Lipinski definition) is 1. The monoisotopic (exact) mass is 232 g/mol. The lowest BCUT2D eigenvalue weighted by atomic mass is 9.89. The molecule has 0 amide bonds. The van der Waals surface area contributed by atoms with E-state index in [1.807, 2.05) is 0 Å². The molecule has 4 rings (SSSR count). The fourth-order valence-electron chi connectivity index (χ4n) is 3.96. The van der Waals surface area contributed by atoms with Gasteiger partial charge < -0.3 is 9.88 Å². The summed E-state index contributed by atoms with van der Waals surface area (Å²) in [6.45, 7) is 1.15. The average Bonchev–Trinajstić information content (AvgIpc) is 2.98. The molecule has 3 aliphatic rings. The molecule has 1 aromatic rings. The van der Waals surface area contributed by atoms with Gasteiger partial charge in [0.2, 0.25) is 0 Å². The summed E-state index contributed by atoms with van der Waals surface area (Å²) in [4.78, 5) is 0. The van der Waals surface area contributed by atoms with Crippen LogP contribution in [0.2, 0.25) is 0 Å². The molecular formula is C13H20N4. The van der Waals surface area contributed by atoms with Gasteiger partial charge in [0.25, 0.3) is 0 Å². The molecule has 17 heavy (non-hydrogen) atoms. The molecule has 2 atom stereocenters. The summed E-state index contributed by atoms with van der Waals surface area (Å²) in [5.74, 6) is 3.31. The Labute approximate surface area is 102 Å². The largest absolute Gasteiger partial charge is 0.315 e. The maximum atomic E-state index is 4.39. The van der Waals surface area contributed by atoms with Crippen molar-refractivity contribution in [3.05, 3.63) is 11.6 Å².